The van der Waals surface area contributed by atoms with Gasteiger partial charge in [-0.1, -0.05) is 64.9 Å². The monoisotopic (exact) mass is 507 g/mol. The van der Waals surface area contributed by atoms with Crippen molar-refractivity contribution in [3.8, 4) is 0 Å². The van der Waals surface area contributed by atoms with E-state index in [0.29, 0.717) is 29.5 Å². The van der Waals surface area contributed by atoms with Crippen LogP contribution >= 0.6 is 0 Å². The van der Waals surface area contributed by atoms with Crippen LogP contribution in [0.5, 0.6) is 0 Å². The molecule has 1 aromatic heterocycles. The van der Waals surface area contributed by atoms with E-state index in [4.69, 9.17) is 4.98 Å². The van der Waals surface area contributed by atoms with Gasteiger partial charge >= 0.3 is 0 Å². The summed E-state index contributed by atoms with van der Waals surface area (Å²) in [5, 5.41) is 12.9. The van der Waals surface area contributed by atoms with Crippen molar-refractivity contribution in [3.63, 3.8) is 0 Å². The van der Waals surface area contributed by atoms with Gasteiger partial charge in [-0.15, -0.1) is 0 Å². The van der Waals surface area contributed by atoms with E-state index < -0.39 is 16.2 Å². The first-order valence-corrected chi connectivity index (χ1v) is 14.5. The maximum Gasteiger partial charge on any atom is 0.251 e. The van der Waals surface area contributed by atoms with Crippen LogP contribution in [0.25, 0.3) is 0 Å². The second-order valence-corrected chi connectivity index (χ2v) is 12.5. The lowest BCUT2D eigenvalue weighted by Gasteiger charge is -2.23. The Morgan fingerprint density at radius 2 is 1.81 bits per heavy atom. The lowest BCUT2D eigenvalue weighted by atomic mass is 9.99. The number of carbonyl (C=O) groups excluding carboxylic acids is 1. The molecule has 2 aromatic carbocycles. The maximum absolute atomic E-state index is 13.3. The molecule has 0 saturated carbocycles. The Morgan fingerprint density at radius 1 is 1.14 bits per heavy atom. The van der Waals surface area contributed by atoms with Crippen molar-refractivity contribution in [2.75, 3.05) is 48.5 Å². The summed E-state index contributed by atoms with van der Waals surface area (Å²) in [6.07, 6.45) is 4.83. The molecule has 4 rings (SSSR count). The van der Waals surface area contributed by atoms with Crippen LogP contribution in [0.15, 0.2) is 72.8 Å². The topological polar surface area (TPSA) is 85.8 Å². The van der Waals surface area contributed by atoms with Crippen LogP contribution in [0, 0.1) is 0 Å². The minimum atomic E-state index is -2.33. The predicted molar refractivity (Wildman–Crippen MR) is 147 cm³/mol. The molecule has 2 atom stereocenters. The highest BCUT2D eigenvalue weighted by Crippen LogP contribution is 2.32. The zero-order valence-corrected chi connectivity index (χ0v) is 21.9. The quantitative estimate of drug-likeness (QED) is 0.433. The number of nitrogens with one attached hydrogen (secondary N) is 1. The zero-order valence-electron chi connectivity index (χ0n) is 21.1. The molecule has 1 amide bonds. The van der Waals surface area contributed by atoms with Gasteiger partial charge in [-0.2, -0.15) is 4.31 Å². The highest BCUT2D eigenvalue weighted by molar-refractivity contribution is 8.02. The van der Waals surface area contributed by atoms with Gasteiger partial charge in [0, 0.05) is 24.6 Å². The van der Waals surface area contributed by atoms with Gasteiger partial charge in [-0.25, -0.2) is 4.98 Å². The number of hydrogen-bond acceptors (Lipinski definition) is 5. The van der Waals surface area contributed by atoms with Gasteiger partial charge in [0.05, 0.1) is 19.7 Å². The van der Waals surface area contributed by atoms with Crippen LogP contribution in [0.4, 0.5) is 11.6 Å². The Kier molecular flexibility index (Phi) is 8.06. The number of amides is 1. The molecular formula is C28H35N4O3S+. The molecular weight excluding hydrogens is 472 g/mol. The van der Waals surface area contributed by atoms with Gasteiger partial charge < -0.3 is 15.3 Å². The van der Waals surface area contributed by atoms with Crippen LogP contribution in [0.2, 0.25) is 0 Å². The molecule has 2 N–H and O–H groups in total. The Balaban J connectivity index is 1.59. The second-order valence-electron chi connectivity index (χ2n) is 9.64. The molecule has 3 aromatic rings. The lowest BCUT2D eigenvalue weighted by Crippen LogP contribution is -2.39. The molecule has 1 fully saturated rings. The standard InChI is InChI=1S/C28H34N4O3S/c1-31(36(2,3)35)26-17-24(28(34)29-25(20-33)16-21-10-6-4-7-11-21)18-27(30-26)32-15-14-23(19-32)22-12-8-5-9-13-22/h4-13,17-18,23,25,33H,14-16,19-20H2,1-3H3/p+1. The lowest BCUT2D eigenvalue weighted by molar-refractivity contribution is 0.0916. The maximum atomic E-state index is 13.3. The molecule has 0 bridgehead atoms. The average molecular weight is 508 g/mol. The first-order valence-electron chi connectivity index (χ1n) is 12.2. The molecule has 7 nitrogen and oxygen atoms in total. The molecule has 36 heavy (non-hydrogen) atoms. The van der Waals surface area contributed by atoms with Crippen molar-refractivity contribution in [2.24, 2.45) is 0 Å². The van der Waals surface area contributed by atoms with Crippen LogP contribution in [0.3, 0.4) is 0 Å². The summed E-state index contributed by atoms with van der Waals surface area (Å²) in [4.78, 5) is 20.3. The molecule has 2 unspecified atom stereocenters. The summed E-state index contributed by atoms with van der Waals surface area (Å²) < 4.78 is 14.4. The van der Waals surface area contributed by atoms with Gasteiger partial charge in [0.15, 0.2) is 15.9 Å². The number of benzene rings is 2. The van der Waals surface area contributed by atoms with Crippen molar-refractivity contribution in [1.82, 2.24) is 10.3 Å². The Bertz CT molecular complexity index is 1220. The first-order chi connectivity index (χ1) is 17.2. The summed E-state index contributed by atoms with van der Waals surface area (Å²) >= 11 is 0. The van der Waals surface area contributed by atoms with Crippen LogP contribution in [-0.4, -0.2) is 61.3 Å². The predicted octanol–water partition coefficient (Wildman–Crippen LogP) is 3.52. The minimum absolute atomic E-state index is 0.173. The Morgan fingerprint density at radius 3 is 2.44 bits per heavy atom. The smallest absolute Gasteiger partial charge is 0.251 e. The van der Waals surface area contributed by atoms with Crippen LogP contribution in [0.1, 0.15) is 33.8 Å². The second kappa shape index (κ2) is 11.2. The van der Waals surface area contributed by atoms with Gasteiger partial charge in [0.1, 0.15) is 18.3 Å². The first kappa shape index (κ1) is 25.9. The van der Waals surface area contributed by atoms with E-state index in [1.807, 2.05) is 36.4 Å². The van der Waals surface area contributed by atoms with Crippen molar-refractivity contribution in [2.45, 2.75) is 24.8 Å². The molecule has 190 valence electrons. The fraction of sp³-hybridized carbons (Fsp3) is 0.357. The van der Waals surface area contributed by atoms with E-state index in [1.165, 1.54) is 5.56 Å². The normalized spacial score (nSPS) is 16.6. The van der Waals surface area contributed by atoms with E-state index in [2.05, 4.69) is 34.5 Å². The number of rotatable bonds is 9. The SMILES string of the molecule is CN(c1cc(C(=O)NC(CO)Cc2ccccc2)cc(N2CCC(c3ccccc3)C2)n1)[S+](C)(C)=O. The Hall–Kier alpha value is -3.23. The summed E-state index contributed by atoms with van der Waals surface area (Å²) in [5.41, 5.74) is 2.76. The number of nitrogens with zero attached hydrogens (tertiary/aromatic N) is 3. The number of aromatic nitrogens is 1. The van der Waals surface area contributed by atoms with Gasteiger partial charge in [0.2, 0.25) is 0 Å². The third-order valence-electron chi connectivity index (χ3n) is 6.71. The molecule has 1 saturated heterocycles. The van der Waals surface area contributed by atoms with Crippen molar-refractivity contribution < 1.29 is 14.1 Å². The number of pyridine rings is 1. The van der Waals surface area contributed by atoms with E-state index in [-0.39, 0.29) is 12.5 Å². The van der Waals surface area contributed by atoms with Crippen LogP contribution in [-0.2, 0) is 20.7 Å². The largest absolute Gasteiger partial charge is 0.394 e. The summed E-state index contributed by atoms with van der Waals surface area (Å²) in [7, 11) is -0.595. The van der Waals surface area contributed by atoms with Crippen molar-refractivity contribution in [1.29, 1.82) is 0 Å². The molecule has 0 aliphatic carbocycles. The summed E-state index contributed by atoms with van der Waals surface area (Å²) in [5.74, 6) is 1.27. The molecule has 8 heteroatoms. The van der Waals surface area contributed by atoms with E-state index in [0.717, 1.165) is 25.1 Å². The molecule has 1 aliphatic heterocycles. The molecule has 2 heterocycles. The van der Waals surface area contributed by atoms with E-state index in [9.17, 15) is 14.1 Å². The highest BCUT2D eigenvalue weighted by Gasteiger charge is 2.29. The van der Waals surface area contributed by atoms with E-state index in [1.54, 1.807) is 36.0 Å². The van der Waals surface area contributed by atoms with Crippen molar-refractivity contribution >= 4 is 27.7 Å². The summed E-state index contributed by atoms with van der Waals surface area (Å²) in [6.45, 7) is 1.45. The molecule has 0 radical (unpaired) electrons. The zero-order chi connectivity index (χ0) is 25.7. The van der Waals surface area contributed by atoms with Gasteiger partial charge in [-0.3, -0.25) is 4.79 Å². The number of aliphatic hydroxyl groups excluding tert-OH is 1. The Labute approximate surface area is 214 Å². The summed E-state index contributed by atoms with van der Waals surface area (Å²) in [6, 6.07) is 23.2. The third kappa shape index (κ3) is 6.30. The molecule has 1 aliphatic rings. The fourth-order valence-corrected chi connectivity index (χ4v) is 5.02. The van der Waals surface area contributed by atoms with E-state index >= 15 is 0 Å². The third-order valence-corrected chi connectivity index (χ3v) is 8.21. The highest BCUT2D eigenvalue weighted by atomic mass is 32.3. The fourth-order valence-electron chi connectivity index (χ4n) is 4.48. The van der Waals surface area contributed by atoms with Gasteiger partial charge in [-0.05, 0) is 36.1 Å². The molecule has 0 spiro atoms. The number of aliphatic hydroxyl groups is 1. The average Bonchev–Trinajstić information content (AvgIpc) is 3.38. The van der Waals surface area contributed by atoms with Crippen molar-refractivity contribution in [3.05, 3.63) is 89.5 Å². The number of hydrogen-bond donors (Lipinski definition) is 2. The van der Waals surface area contributed by atoms with Gasteiger partial charge in [0.25, 0.3) is 5.91 Å². The number of anilines is 2. The minimum Gasteiger partial charge on any atom is -0.394 e. The van der Waals surface area contributed by atoms with Crippen LogP contribution < -0.4 is 14.5 Å². The number of carbonyl (C=O) groups is 1.